The normalized spacial score (nSPS) is 16.9. The molecule has 1 aliphatic heterocycles. The Balaban J connectivity index is 1.91. The highest BCUT2D eigenvalue weighted by molar-refractivity contribution is 8.18. The fourth-order valence-electron chi connectivity index (χ4n) is 2.61. The average molecular weight is 382 g/mol. The number of benzene rings is 2. The quantitative estimate of drug-likeness (QED) is 0.763. The Morgan fingerprint density at radius 1 is 1.19 bits per heavy atom. The second-order valence-corrected chi connectivity index (χ2v) is 7.40. The van der Waals surface area contributed by atoms with Gasteiger partial charge in [0.2, 0.25) is 0 Å². The highest BCUT2D eigenvalue weighted by atomic mass is 32.2. The number of rotatable bonds is 5. The molecule has 1 heterocycles. The van der Waals surface area contributed by atoms with Crippen LogP contribution in [0, 0.1) is 6.92 Å². The zero-order valence-corrected chi connectivity index (χ0v) is 16.6. The molecule has 3 rings (SSSR count). The number of ether oxygens (including phenoxy) is 2. The molecule has 0 radical (unpaired) electrons. The number of thioether (sulfide) groups is 1. The van der Waals surface area contributed by atoms with Gasteiger partial charge in [0.15, 0.2) is 16.7 Å². The van der Waals surface area contributed by atoms with Crippen molar-refractivity contribution in [2.75, 3.05) is 7.11 Å². The Kier molecular flexibility index (Phi) is 5.86. The number of methoxy groups -OCH3 is 1. The summed E-state index contributed by atoms with van der Waals surface area (Å²) in [7, 11) is 1.60. The standard InChI is InChI=1S/C21H22N2O3S/c1-13(2)26-19-15(8-6-10-17(19)25-4)12-18-20(24)23-21(27-18)22-16-9-5-7-14(3)11-16/h5-13H,1-4H3,(H,22,23,24). The maximum atomic E-state index is 12.4. The first-order valence-electron chi connectivity index (χ1n) is 8.66. The van der Waals surface area contributed by atoms with Gasteiger partial charge in [-0.05, 0) is 62.4 Å². The zero-order chi connectivity index (χ0) is 19.4. The third-order valence-corrected chi connectivity index (χ3v) is 4.66. The molecule has 0 unspecified atom stereocenters. The summed E-state index contributed by atoms with van der Waals surface area (Å²) in [5.74, 6) is 1.08. The van der Waals surface area contributed by atoms with Crippen LogP contribution in [0.25, 0.3) is 6.08 Å². The van der Waals surface area contributed by atoms with Crippen molar-refractivity contribution in [2.45, 2.75) is 26.9 Å². The summed E-state index contributed by atoms with van der Waals surface area (Å²) in [4.78, 5) is 17.5. The number of carbonyl (C=O) groups excluding carboxylic acids is 1. The number of nitrogens with zero attached hydrogens (tertiary/aromatic N) is 1. The predicted octanol–water partition coefficient (Wildman–Crippen LogP) is 4.68. The lowest BCUT2D eigenvalue weighted by molar-refractivity contribution is -0.115. The minimum absolute atomic E-state index is 0.0121. The molecule has 0 spiro atoms. The number of hydrogen-bond donors (Lipinski definition) is 1. The van der Waals surface area contributed by atoms with Crippen LogP contribution in [0.4, 0.5) is 5.69 Å². The minimum atomic E-state index is -0.176. The first-order chi connectivity index (χ1) is 13.0. The van der Waals surface area contributed by atoms with Crippen LogP contribution in [0.15, 0.2) is 52.4 Å². The smallest absolute Gasteiger partial charge is 0.264 e. The lowest BCUT2D eigenvalue weighted by Crippen LogP contribution is -2.19. The van der Waals surface area contributed by atoms with Gasteiger partial charge in [-0.2, -0.15) is 0 Å². The molecule has 2 aromatic rings. The Labute approximate surface area is 163 Å². The third kappa shape index (κ3) is 4.71. The van der Waals surface area contributed by atoms with E-state index in [1.54, 1.807) is 13.2 Å². The average Bonchev–Trinajstić information content (AvgIpc) is 2.95. The van der Waals surface area contributed by atoms with Gasteiger partial charge in [0.25, 0.3) is 5.91 Å². The van der Waals surface area contributed by atoms with Gasteiger partial charge in [-0.25, -0.2) is 4.99 Å². The Bertz CT molecular complexity index is 919. The van der Waals surface area contributed by atoms with E-state index in [-0.39, 0.29) is 12.0 Å². The maximum absolute atomic E-state index is 12.4. The van der Waals surface area contributed by atoms with E-state index >= 15 is 0 Å². The predicted molar refractivity (Wildman–Crippen MR) is 111 cm³/mol. The van der Waals surface area contributed by atoms with E-state index in [0.717, 1.165) is 16.8 Å². The first-order valence-corrected chi connectivity index (χ1v) is 9.48. The second kappa shape index (κ2) is 8.31. The summed E-state index contributed by atoms with van der Waals surface area (Å²) in [6.07, 6.45) is 1.79. The minimum Gasteiger partial charge on any atom is -0.493 e. The fraction of sp³-hybridized carbons (Fsp3) is 0.238. The number of nitrogens with one attached hydrogen (secondary N) is 1. The number of aliphatic imine (C=N–C) groups is 1. The Morgan fingerprint density at radius 2 is 1.96 bits per heavy atom. The monoisotopic (exact) mass is 382 g/mol. The van der Waals surface area contributed by atoms with Crippen molar-refractivity contribution < 1.29 is 14.3 Å². The van der Waals surface area contributed by atoms with Crippen molar-refractivity contribution in [1.82, 2.24) is 5.32 Å². The van der Waals surface area contributed by atoms with Gasteiger partial charge in [0.1, 0.15) is 0 Å². The molecule has 1 fully saturated rings. The van der Waals surface area contributed by atoms with Gasteiger partial charge < -0.3 is 14.8 Å². The van der Waals surface area contributed by atoms with Crippen molar-refractivity contribution >= 4 is 34.6 Å². The molecule has 0 aliphatic carbocycles. The summed E-state index contributed by atoms with van der Waals surface area (Å²) >= 11 is 1.31. The van der Waals surface area contributed by atoms with Gasteiger partial charge >= 0.3 is 0 Å². The van der Waals surface area contributed by atoms with Crippen molar-refractivity contribution in [3.8, 4) is 11.5 Å². The van der Waals surface area contributed by atoms with Gasteiger partial charge in [-0.3, -0.25) is 4.79 Å². The lowest BCUT2D eigenvalue weighted by Gasteiger charge is -2.16. The fourth-order valence-corrected chi connectivity index (χ4v) is 3.44. The molecule has 0 bridgehead atoms. The molecular formula is C21H22N2O3S. The van der Waals surface area contributed by atoms with E-state index < -0.39 is 0 Å². The molecule has 0 atom stereocenters. The highest BCUT2D eigenvalue weighted by Gasteiger charge is 2.25. The molecule has 0 saturated carbocycles. The topological polar surface area (TPSA) is 59.9 Å². The number of aryl methyl sites for hydroxylation is 1. The van der Waals surface area contributed by atoms with E-state index in [4.69, 9.17) is 9.47 Å². The molecule has 1 aliphatic rings. The molecule has 1 saturated heterocycles. The van der Waals surface area contributed by atoms with E-state index in [1.807, 2.05) is 63.2 Å². The highest BCUT2D eigenvalue weighted by Crippen LogP contribution is 2.36. The Morgan fingerprint density at radius 3 is 2.67 bits per heavy atom. The second-order valence-electron chi connectivity index (χ2n) is 6.37. The lowest BCUT2D eigenvalue weighted by atomic mass is 10.1. The van der Waals surface area contributed by atoms with Gasteiger partial charge in [-0.15, -0.1) is 0 Å². The molecule has 0 aromatic heterocycles. The van der Waals surface area contributed by atoms with Crippen LogP contribution < -0.4 is 14.8 Å². The van der Waals surface area contributed by atoms with Crippen molar-refractivity contribution in [1.29, 1.82) is 0 Å². The summed E-state index contributed by atoms with van der Waals surface area (Å²) < 4.78 is 11.3. The number of amides is 1. The molecule has 1 N–H and O–H groups in total. The first kappa shape index (κ1) is 19.0. The van der Waals surface area contributed by atoms with Gasteiger partial charge in [-0.1, -0.05) is 24.3 Å². The molecule has 27 heavy (non-hydrogen) atoms. The number of carbonyl (C=O) groups is 1. The Hall–Kier alpha value is -2.73. The van der Waals surface area contributed by atoms with Gasteiger partial charge in [0, 0.05) is 5.56 Å². The van der Waals surface area contributed by atoms with Crippen molar-refractivity contribution in [3.63, 3.8) is 0 Å². The molecular weight excluding hydrogens is 360 g/mol. The third-order valence-electron chi connectivity index (χ3n) is 3.75. The summed E-state index contributed by atoms with van der Waals surface area (Å²) in [5, 5.41) is 3.38. The molecule has 6 heteroatoms. The summed E-state index contributed by atoms with van der Waals surface area (Å²) in [5.41, 5.74) is 2.72. The molecule has 5 nitrogen and oxygen atoms in total. The number of amidine groups is 1. The van der Waals surface area contributed by atoms with Crippen molar-refractivity contribution in [3.05, 3.63) is 58.5 Å². The van der Waals surface area contributed by atoms with Crippen LogP contribution in [0.5, 0.6) is 11.5 Å². The number of hydrogen-bond acceptors (Lipinski definition) is 5. The van der Waals surface area contributed by atoms with Gasteiger partial charge in [0.05, 0.1) is 23.8 Å². The van der Waals surface area contributed by atoms with Crippen LogP contribution in [-0.4, -0.2) is 24.3 Å². The molecule has 140 valence electrons. The van der Waals surface area contributed by atoms with E-state index in [9.17, 15) is 4.79 Å². The van der Waals surface area contributed by atoms with E-state index in [0.29, 0.717) is 21.6 Å². The zero-order valence-electron chi connectivity index (χ0n) is 15.8. The van der Waals surface area contributed by atoms with E-state index in [2.05, 4.69) is 10.3 Å². The molecule has 1 amide bonds. The van der Waals surface area contributed by atoms with Crippen LogP contribution in [0.1, 0.15) is 25.0 Å². The van der Waals surface area contributed by atoms with Crippen LogP contribution in [-0.2, 0) is 4.79 Å². The molecule has 2 aromatic carbocycles. The van der Waals surface area contributed by atoms with E-state index in [1.165, 1.54) is 11.8 Å². The SMILES string of the molecule is COc1cccc(C=C2SC(=Nc3cccc(C)c3)NC2=O)c1OC(C)C. The van der Waals surface area contributed by atoms with Crippen LogP contribution in [0.2, 0.25) is 0 Å². The maximum Gasteiger partial charge on any atom is 0.264 e. The van der Waals surface area contributed by atoms with Crippen molar-refractivity contribution in [2.24, 2.45) is 4.99 Å². The van der Waals surface area contributed by atoms with Crippen LogP contribution in [0.3, 0.4) is 0 Å². The van der Waals surface area contributed by atoms with Crippen LogP contribution >= 0.6 is 11.8 Å². The largest absolute Gasteiger partial charge is 0.493 e. The number of para-hydroxylation sites is 1. The summed E-state index contributed by atoms with van der Waals surface area (Å²) in [6.45, 7) is 5.91. The summed E-state index contributed by atoms with van der Waals surface area (Å²) in [6, 6.07) is 13.4.